The van der Waals surface area contributed by atoms with Crippen LogP contribution in [0.2, 0.25) is 5.02 Å². The van der Waals surface area contributed by atoms with Gasteiger partial charge in [-0.25, -0.2) is 22.8 Å². The Morgan fingerprint density at radius 1 is 1.10 bits per heavy atom. The topological polar surface area (TPSA) is 102 Å². The van der Waals surface area contributed by atoms with Crippen molar-refractivity contribution in [2.75, 3.05) is 30.4 Å². The SMILES string of the molecule is CS(=O)(=O)CCNCC1CCC(c2ccc3ncnc(Nc4ccc(OCc5cccc(F)c5)c(Cl)c4)c3c2)O1. The van der Waals surface area contributed by atoms with Crippen molar-refractivity contribution in [3.8, 4) is 5.75 Å². The molecule has 0 spiro atoms. The fourth-order valence-corrected chi connectivity index (χ4v) is 5.37. The summed E-state index contributed by atoms with van der Waals surface area (Å²) in [5.41, 5.74) is 3.26. The fraction of sp³-hybridized carbons (Fsp3) is 0.310. The predicted molar refractivity (Wildman–Crippen MR) is 154 cm³/mol. The molecule has 1 fully saturated rings. The lowest BCUT2D eigenvalue weighted by atomic mass is 10.0. The van der Waals surface area contributed by atoms with Crippen molar-refractivity contribution >= 4 is 43.8 Å². The van der Waals surface area contributed by atoms with E-state index in [-0.39, 0.29) is 30.4 Å². The number of aromatic nitrogens is 2. The van der Waals surface area contributed by atoms with Crippen molar-refractivity contribution in [3.05, 3.63) is 89.0 Å². The van der Waals surface area contributed by atoms with E-state index < -0.39 is 9.84 Å². The first-order chi connectivity index (χ1) is 19.2. The fourth-order valence-electron chi connectivity index (χ4n) is 4.62. The van der Waals surface area contributed by atoms with Crippen molar-refractivity contribution in [3.63, 3.8) is 0 Å². The van der Waals surface area contributed by atoms with Crippen LogP contribution in [0, 0.1) is 5.82 Å². The van der Waals surface area contributed by atoms with Crippen LogP contribution in [-0.4, -0.2) is 49.6 Å². The van der Waals surface area contributed by atoms with Gasteiger partial charge in [-0.15, -0.1) is 0 Å². The van der Waals surface area contributed by atoms with Gasteiger partial charge in [-0.3, -0.25) is 0 Å². The summed E-state index contributed by atoms with van der Waals surface area (Å²) in [6.07, 6.45) is 4.45. The molecular formula is C29H30ClFN4O4S. The van der Waals surface area contributed by atoms with Crippen molar-refractivity contribution in [2.24, 2.45) is 0 Å². The Morgan fingerprint density at radius 2 is 1.98 bits per heavy atom. The van der Waals surface area contributed by atoms with E-state index in [0.717, 1.165) is 35.0 Å². The van der Waals surface area contributed by atoms with Crippen LogP contribution in [0.25, 0.3) is 10.9 Å². The maximum atomic E-state index is 13.4. The Hall–Kier alpha value is -3.31. The van der Waals surface area contributed by atoms with Gasteiger partial charge in [-0.1, -0.05) is 29.8 Å². The number of nitrogens with one attached hydrogen (secondary N) is 2. The number of halogens is 2. The third-order valence-corrected chi connectivity index (χ3v) is 7.88. The van der Waals surface area contributed by atoms with Gasteiger partial charge in [-0.05, 0) is 66.4 Å². The van der Waals surface area contributed by atoms with E-state index >= 15 is 0 Å². The minimum absolute atomic E-state index is 0.0219. The summed E-state index contributed by atoms with van der Waals surface area (Å²) >= 11 is 6.48. The molecule has 0 amide bonds. The zero-order chi connectivity index (χ0) is 28.1. The van der Waals surface area contributed by atoms with Crippen LogP contribution >= 0.6 is 11.6 Å². The highest BCUT2D eigenvalue weighted by molar-refractivity contribution is 7.90. The van der Waals surface area contributed by atoms with E-state index in [0.29, 0.717) is 35.2 Å². The Kier molecular flexibility index (Phi) is 8.80. The number of rotatable bonds is 11. The molecule has 4 aromatic rings. The number of hydrogen-bond acceptors (Lipinski definition) is 8. The van der Waals surface area contributed by atoms with Crippen LogP contribution in [0.3, 0.4) is 0 Å². The number of ether oxygens (including phenoxy) is 2. The van der Waals surface area contributed by atoms with Crippen LogP contribution in [0.5, 0.6) is 5.75 Å². The lowest BCUT2D eigenvalue weighted by molar-refractivity contribution is 0.0453. The van der Waals surface area contributed by atoms with Gasteiger partial charge in [0.05, 0.1) is 28.5 Å². The van der Waals surface area contributed by atoms with Gasteiger partial charge in [0.1, 0.15) is 40.2 Å². The number of benzene rings is 3. The number of fused-ring (bicyclic) bond motifs is 1. The number of anilines is 2. The molecular weight excluding hydrogens is 555 g/mol. The molecule has 1 aliphatic heterocycles. The molecule has 5 rings (SSSR count). The first-order valence-electron chi connectivity index (χ1n) is 13.0. The van der Waals surface area contributed by atoms with Gasteiger partial charge in [-0.2, -0.15) is 0 Å². The molecule has 3 aromatic carbocycles. The largest absolute Gasteiger partial charge is 0.487 e. The quantitative estimate of drug-likeness (QED) is 0.220. The summed E-state index contributed by atoms with van der Waals surface area (Å²) in [5, 5.41) is 7.77. The molecule has 40 heavy (non-hydrogen) atoms. The van der Waals surface area contributed by atoms with Crippen LogP contribution in [0.15, 0.2) is 67.0 Å². The molecule has 2 N–H and O–H groups in total. The summed E-state index contributed by atoms with van der Waals surface area (Å²) in [4.78, 5) is 8.86. The summed E-state index contributed by atoms with van der Waals surface area (Å²) in [6, 6.07) is 17.6. The average Bonchev–Trinajstić information content (AvgIpc) is 3.39. The number of hydrogen-bond donors (Lipinski definition) is 2. The molecule has 0 aliphatic carbocycles. The normalized spacial score (nSPS) is 17.3. The van der Waals surface area contributed by atoms with E-state index in [1.165, 1.54) is 24.7 Å². The summed E-state index contributed by atoms with van der Waals surface area (Å²) in [7, 11) is -2.99. The average molecular weight is 585 g/mol. The zero-order valence-corrected chi connectivity index (χ0v) is 23.5. The molecule has 2 unspecified atom stereocenters. The maximum Gasteiger partial charge on any atom is 0.148 e. The molecule has 2 atom stereocenters. The highest BCUT2D eigenvalue weighted by Crippen LogP contribution is 2.36. The molecule has 0 bridgehead atoms. The van der Waals surface area contributed by atoms with Gasteiger partial charge in [0, 0.05) is 30.4 Å². The molecule has 1 aliphatic rings. The molecule has 0 radical (unpaired) electrons. The van der Waals surface area contributed by atoms with Crippen LogP contribution in [-0.2, 0) is 21.2 Å². The molecule has 2 heterocycles. The zero-order valence-electron chi connectivity index (χ0n) is 21.9. The van der Waals surface area contributed by atoms with E-state index in [1.807, 2.05) is 24.3 Å². The van der Waals surface area contributed by atoms with Crippen LogP contribution < -0.4 is 15.4 Å². The molecule has 1 aromatic heterocycles. The maximum absolute atomic E-state index is 13.4. The second-order valence-corrected chi connectivity index (χ2v) is 12.5. The summed E-state index contributed by atoms with van der Waals surface area (Å²) in [6.45, 7) is 1.22. The Balaban J connectivity index is 1.24. The lowest BCUT2D eigenvalue weighted by Crippen LogP contribution is -2.30. The van der Waals surface area contributed by atoms with Crippen molar-refractivity contribution in [2.45, 2.75) is 31.7 Å². The Morgan fingerprint density at radius 3 is 2.77 bits per heavy atom. The highest BCUT2D eigenvalue weighted by atomic mass is 35.5. The Bertz CT molecular complexity index is 1600. The number of sulfone groups is 1. The predicted octanol–water partition coefficient (Wildman–Crippen LogP) is 5.60. The highest BCUT2D eigenvalue weighted by Gasteiger charge is 2.26. The van der Waals surface area contributed by atoms with E-state index in [1.54, 1.807) is 24.3 Å². The minimum Gasteiger partial charge on any atom is -0.487 e. The van der Waals surface area contributed by atoms with Gasteiger partial charge in [0.15, 0.2) is 0 Å². The van der Waals surface area contributed by atoms with Gasteiger partial charge in [0.25, 0.3) is 0 Å². The van der Waals surface area contributed by atoms with Crippen molar-refractivity contribution < 1.29 is 22.3 Å². The van der Waals surface area contributed by atoms with Crippen LogP contribution in [0.4, 0.5) is 15.9 Å². The molecule has 11 heteroatoms. The Labute approximate surface area is 237 Å². The summed E-state index contributed by atoms with van der Waals surface area (Å²) < 4.78 is 48.1. The minimum atomic E-state index is -2.99. The lowest BCUT2D eigenvalue weighted by Gasteiger charge is -2.16. The first-order valence-corrected chi connectivity index (χ1v) is 15.4. The third kappa shape index (κ3) is 7.45. The standard InChI is InChI=1S/C29H30ClFN4O4S/c1-40(36,37)12-11-32-16-23-7-10-27(39-23)20-5-8-26-24(14-20)29(34-18-33-26)35-22-6-9-28(25(30)15-22)38-17-19-3-2-4-21(31)13-19/h2-6,8-9,13-15,18,23,27,32H,7,10-12,16-17H2,1H3,(H,33,34,35). The summed E-state index contributed by atoms with van der Waals surface area (Å²) in [5.74, 6) is 0.919. The van der Waals surface area contributed by atoms with Crippen molar-refractivity contribution in [1.29, 1.82) is 0 Å². The molecule has 210 valence electrons. The van der Waals surface area contributed by atoms with Gasteiger partial charge in [0.2, 0.25) is 0 Å². The second kappa shape index (κ2) is 12.5. The second-order valence-electron chi connectivity index (χ2n) is 9.85. The van der Waals surface area contributed by atoms with Gasteiger partial charge < -0.3 is 20.1 Å². The van der Waals surface area contributed by atoms with E-state index in [2.05, 4.69) is 20.6 Å². The molecule has 1 saturated heterocycles. The van der Waals surface area contributed by atoms with E-state index in [4.69, 9.17) is 21.1 Å². The van der Waals surface area contributed by atoms with Crippen LogP contribution in [0.1, 0.15) is 30.1 Å². The monoisotopic (exact) mass is 584 g/mol. The molecule has 0 saturated carbocycles. The van der Waals surface area contributed by atoms with Crippen molar-refractivity contribution in [1.82, 2.24) is 15.3 Å². The smallest absolute Gasteiger partial charge is 0.148 e. The first kappa shape index (κ1) is 28.2. The van der Waals surface area contributed by atoms with E-state index in [9.17, 15) is 12.8 Å². The number of nitrogens with zero attached hydrogens (tertiary/aromatic N) is 2. The van der Waals surface area contributed by atoms with Gasteiger partial charge >= 0.3 is 0 Å². The molecule has 8 nitrogen and oxygen atoms in total. The third-order valence-electron chi connectivity index (χ3n) is 6.64.